The lowest BCUT2D eigenvalue weighted by molar-refractivity contribution is 0.542. The van der Waals surface area contributed by atoms with Crippen molar-refractivity contribution in [1.82, 2.24) is 0 Å². The smallest absolute Gasteiger partial charge is 0.142 e. The van der Waals surface area contributed by atoms with Crippen molar-refractivity contribution in [2.24, 2.45) is 0 Å². The maximum Gasteiger partial charge on any atom is 0.142 e. The number of rotatable bonds is 7. The van der Waals surface area contributed by atoms with Crippen LogP contribution in [0.25, 0.3) is 11.1 Å². The zero-order valence-corrected chi connectivity index (χ0v) is 18.8. The molecule has 33 heavy (non-hydrogen) atoms. The number of thioether (sulfide) groups is 1. The number of nitrogens with zero attached hydrogens (tertiary/aromatic N) is 1. The van der Waals surface area contributed by atoms with Crippen LogP contribution in [0.4, 0.5) is 17.6 Å². The summed E-state index contributed by atoms with van der Waals surface area (Å²) in [7, 11) is 0. The summed E-state index contributed by atoms with van der Waals surface area (Å²) < 4.78 is 57.0. The summed E-state index contributed by atoms with van der Waals surface area (Å²) in [5.41, 5.74) is 1.68. The first kappa shape index (κ1) is 24.4. The number of nitriles is 1. The molecule has 0 amide bonds. The fourth-order valence-corrected chi connectivity index (χ4v) is 3.80. The van der Waals surface area contributed by atoms with Gasteiger partial charge in [-0.1, -0.05) is 50.2 Å². The Balaban J connectivity index is 1.76. The SMILES string of the molecule is CCCCCCc1cc(F)c(C#Cc2ccc(-c3cc(F)c(SC#N)c(F)c3)cc2)c(F)c1. The van der Waals surface area contributed by atoms with E-state index in [0.717, 1.165) is 37.8 Å². The molecule has 0 N–H and O–H groups in total. The van der Waals surface area contributed by atoms with E-state index in [1.807, 2.05) is 0 Å². The summed E-state index contributed by atoms with van der Waals surface area (Å²) in [4.78, 5) is -0.347. The molecule has 0 fully saturated rings. The highest BCUT2D eigenvalue weighted by Gasteiger charge is 2.13. The zero-order chi connectivity index (χ0) is 23.8. The van der Waals surface area contributed by atoms with E-state index in [-0.39, 0.29) is 10.5 Å². The standard InChI is InChI=1S/C27H21F4NS/c1-2-3-4-5-6-19-13-23(28)22(24(29)14-19)12-9-18-7-10-20(11-8-18)21-15-25(30)27(33-17-32)26(31)16-21/h7-8,10-11,13-16H,2-6H2,1H3. The van der Waals surface area contributed by atoms with E-state index < -0.39 is 23.3 Å². The molecule has 0 aliphatic rings. The Morgan fingerprint density at radius 3 is 1.97 bits per heavy atom. The molecule has 0 unspecified atom stereocenters. The van der Waals surface area contributed by atoms with Crippen LogP contribution in [-0.2, 0) is 6.42 Å². The molecule has 3 rings (SSSR count). The third kappa shape index (κ3) is 6.40. The molecule has 0 bridgehead atoms. The Hall–Kier alpha value is -3.22. The van der Waals surface area contributed by atoms with Crippen molar-refractivity contribution in [2.45, 2.75) is 43.9 Å². The molecule has 0 aromatic heterocycles. The Morgan fingerprint density at radius 1 is 0.758 bits per heavy atom. The minimum Gasteiger partial charge on any atom is -0.206 e. The van der Waals surface area contributed by atoms with Gasteiger partial charge in [0.2, 0.25) is 0 Å². The fourth-order valence-electron chi connectivity index (χ4n) is 3.40. The quantitative estimate of drug-likeness (QED) is 0.116. The molecule has 0 saturated carbocycles. The van der Waals surface area contributed by atoms with Gasteiger partial charge in [0.25, 0.3) is 0 Å². The normalized spacial score (nSPS) is 10.4. The van der Waals surface area contributed by atoms with Crippen LogP contribution in [0.15, 0.2) is 53.4 Å². The highest BCUT2D eigenvalue weighted by atomic mass is 32.2. The Bertz CT molecular complexity index is 1190. The van der Waals surface area contributed by atoms with Crippen LogP contribution in [0.2, 0.25) is 0 Å². The van der Waals surface area contributed by atoms with Gasteiger partial charge in [0.1, 0.15) is 28.7 Å². The molecule has 1 nitrogen and oxygen atoms in total. The summed E-state index contributed by atoms with van der Waals surface area (Å²) in [6.07, 6.45) is 4.74. The zero-order valence-electron chi connectivity index (χ0n) is 18.0. The number of aryl methyl sites for hydroxylation is 1. The molecule has 0 radical (unpaired) electrons. The van der Waals surface area contributed by atoms with Crippen molar-refractivity contribution in [3.63, 3.8) is 0 Å². The number of unbranched alkanes of at least 4 members (excludes halogenated alkanes) is 3. The third-order valence-electron chi connectivity index (χ3n) is 5.12. The van der Waals surface area contributed by atoms with E-state index in [4.69, 9.17) is 5.26 Å². The highest BCUT2D eigenvalue weighted by molar-refractivity contribution is 8.03. The lowest BCUT2D eigenvalue weighted by Crippen LogP contribution is -1.95. The average molecular weight is 468 g/mol. The van der Waals surface area contributed by atoms with E-state index in [9.17, 15) is 17.6 Å². The maximum atomic E-state index is 14.4. The van der Waals surface area contributed by atoms with Gasteiger partial charge in [0, 0.05) is 5.56 Å². The second-order valence-corrected chi connectivity index (χ2v) is 8.33. The molecule has 0 atom stereocenters. The summed E-state index contributed by atoms with van der Waals surface area (Å²) in [5, 5.41) is 10.3. The number of benzene rings is 3. The average Bonchev–Trinajstić information content (AvgIpc) is 2.79. The highest BCUT2D eigenvalue weighted by Crippen LogP contribution is 2.30. The lowest BCUT2D eigenvalue weighted by Gasteiger charge is -2.06. The van der Waals surface area contributed by atoms with Gasteiger partial charge in [-0.05, 0) is 77.7 Å². The number of thiocyanates is 1. The van der Waals surface area contributed by atoms with Gasteiger partial charge in [0.15, 0.2) is 0 Å². The second kappa shape index (κ2) is 11.6. The fraction of sp³-hybridized carbons (Fsp3) is 0.222. The van der Waals surface area contributed by atoms with Crippen LogP contribution in [0, 0.1) is 45.8 Å². The van der Waals surface area contributed by atoms with Gasteiger partial charge < -0.3 is 0 Å². The summed E-state index contributed by atoms with van der Waals surface area (Å²) >= 11 is 0.424. The van der Waals surface area contributed by atoms with Gasteiger partial charge in [-0.25, -0.2) is 17.6 Å². The minimum atomic E-state index is -0.819. The van der Waals surface area contributed by atoms with E-state index >= 15 is 0 Å². The molecule has 0 heterocycles. The molecule has 0 aliphatic carbocycles. The molecule has 3 aromatic carbocycles. The lowest BCUT2D eigenvalue weighted by atomic mass is 10.0. The number of hydrogen-bond donors (Lipinski definition) is 0. The van der Waals surface area contributed by atoms with E-state index in [2.05, 4.69) is 18.8 Å². The van der Waals surface area contributed by atoms with Crippen molar-refractivity contribution in [3.05, 3.63) is 88.5 Å². The van der Waals surface area contributed by atoms with Crippen LogP contribution >= 0.6 is 11.8 Å². The molecule has 168 valence electrons. The van der Waals surface area contributed by atoms with Crippen molar-refractivity contribution in [1.29, 1.82) is 5.26 Å². The van der Waals surface area contributed by atoms with Crippen molar-refractivity contribution < 1.29 is 17.6 Å². The van der Waals surface area contributed by atoms with E-state index in [1.165, 1.54) is 12.1 Å². The first-order chi connectivity index (χ1) is 15.9. The molecule has 0 spiro atoms. The first-order valence-electron chi connectivity index (χ1n) is 10.6. The van der Waals surface area contributed by atoms with Gasteiger partial charge in [-0.2, -0.15) is 5.26 Å². The molecular weight excluding hydrogens is 446 g/mol. The number of halogens is 4. The first-order valence-corrected chi connectivity index (χ1v) is 11.4. The van der Waals surface area contributed by atoms with E-state index in [1.54, 1.807) is 29.7 Å². The van der Waals surface area contributed by atoms with Crippen LogP contribution in [-0.4, -0.2) is 0 Å². The van der Waals surface area contributed by atoms with Crippen molar-refractivity contribution in [2.75, 3.05) is 0 Å². The van der Waals surface area contributed by atoms with Crippen molar-refractivity contribution >= 4 is 11.8 Å². The Kier molecular flexibility index (Phi) is 8.58. The monoisotopic (exact) mass is 467 g/mol. The van der Waals surface area contributed by atoms with Crippen LogP contribution < -0.4 is 0 Å². The second-order valence-electron chi connectivity index (χ2n) is 7.53. The minimum absolute atomic E-state index is 0.286. The van der Waals surface area contributed by atoms with Gasteiger partial charge in [0.05, 0.1) is 10.5 Å². The van der Waals surface area contributed by atoms with Gasteiger partial charge in [-0.15, -0.1) is 0 Å². The van der Waals surface area contributed by atoms with Crippen LogP contribution in [0.5, 0.6) is 0 Å². The Labute approximate surface area is 195 Å². The van der Waals surface area contributed by atoms with Gasteiger partial charge >= 0.3 is 0 Å². The predicted molar refractivity (Wildman–Crippen MR) is 123 cm³/mol. The Morgan fingerprint density at radius 2 is 1.39 bits per heavy atom. The molecular formula is C27H21F4NS. The molecule has 0 aliphatic heterocycles. The number of hydrogen-bond acceptors (Lipinski definition) is 2. The van der Waals surface area contributed by atoms with E-state index in [0.29, 0.717) is 40.4 Å². The largest absolute Gasteiger partial charge is 0.206 e. The van der Waals surface area contributed by atoms with Crippen molar-refractivity contribution in [3.8, 4) is 28.4 Å². The third-order valence-corrected chi connectivity index (χ3v) is 5.80. The van der Waals surface area contributed by atoms with Crippen LogP contribution in [0.3, 0.4) is 0 Å². The molecule has 3 aromatic rings. The van der Waals surface area contributed by atoms with Crippen LogP contribution in [0.1, 0.15) is 49.3 Å². The van der Waals surface area contributed by atoms with Gasteiger partial charge in [-0.3, -0.25) is 0 Å². The molecule has 0 saturated heterocycles. The predicted octanol–water partition coefficient (Wildman–Crippen LogP) is 8.01. The maximum absolute atomic E-state index is 14.4. The summed E-state index contributed by atoms with van der Waals surface area (Å²) in [6, 6.07) is 11.4. The summed E-state index contributed by atoms with van der Waals surface area (Å²) in [6.45, 7) is 2.11. The summed E-state index contributed by atoms with van der Waals surface area (Å²) in [5.74, 6) is 2.26. The molecule has 6 heteroatoms. The topological polar surface area (TPSA) is 23.8 Å².